The number of hydrogen-bond donors (Lipinski definition) is 1. The van der Waals surface area contributed by atoms with Gasteiger partial charge in [-0.2, -0.15) is 4.58 Å². The number of piperidine rings is 1. The number of pyridine rings is 1. The molecule has 2 aliphatic rings. The minimum absolute atomic E-state index is 0.137. The zero-order valence-electron chi connectivity index (χ0n) is 18.6. The van der Waals surface area contributed by atoms with Crippen LogP contribution in [0.25, 0.3) is 11.3 Å². The minimum Gasteiger partial charge on any atom is -0.372 e. The van der Waals surface area contributed by atoms with E-state index in [0.717, 1.165) is 27.9 Å². The molecule has 5 rings (SSSR count). The van der Waals surface area contributed by atoms with Crippen LogP contribution in [0, 0.1) is 5.92 Å². The number of benzene rings is 2. The van der Waals surface area contributed by atoms with Crippen molar-refractivity contribution < 1.29 is 23.7 Å². The van der Waals surface area contributed by atoms with Crippen molar-refractivity contribution in [3.8, 4) is 11.3 Å². The Hall–Kier alpha value is -3.97. The summed E-state index contributed by atoms with van der Waals surface area (Å²) >= 11 is 0. The highest BCUT2D eigenvalue weighted by Crippen LogP contribution is 2.27. The maximum atomic E-state index is 12.8. The molecule has 0 saturated carbocycles. The molecule has 1 fully saturated rings. The Morgan fingerprint density at radius 1 is 1.00 bits per heavy atom. The van der Waals surface area contributed by atoms with Crippen LogP contribution in [0.1, 0.15) is 39.9 Å². The molecule has 3 aromatic rings. The van der Waals surface area contributed by atoms with Crippen LogP contribution >= 0.6 is 0 Å². The van der Waals surface area contributed by atoms with Gasteiger partial charge in [0.1, 0.15) is 11.5 Å². The van der Waals surface area contributed by atoms with Gasteiger partial charge in [0.25, 0.3) is 0 Å². The second kappa shape index (κ2) is 9.49. The molecule has 1 saturated heterocycles. The number of carbonyl (C=O) groups is 3. The van der Waals surface area contributed by atoms with Crippen molar-refractivity contribution in [3.05, 3.63) is 89.1 Å². The highest BCUT2D eigenvalue weighted by atomic mass is 16.5. The van der Waals surface area contributed by atoms with Crippen LogP contribution in [0.3, 0.4) is 0 Å². The highest BCUT2D eigenvalue weighted by molar-refractivity contribution is 6.05. The Kier molecular flexibility index (Phi) is 6.10. The lowest BCUT2D eigenvalue weighted by Crippen LogP contribution is -2.42. The number of aromatic nitrogens is 1. The third-order valence-corrected chi connectivity index (χ3v) is 6.08. The average Bonchev–Trinajstić information content (AvgIpc) is 3.16. The molecule has 34 heavy (non-hydrogen) atoms. The van der Waals surface area contributed by atoms with Crippen LogP contribution in [0.4, 0.5) is 0 Å². The molecule has 2 aliphatic heterocycles. The van der Waals surface area contributed by atoms with E-state index < -0.39 is 5.92 Å². The number of amides is 3. The average molecular weight is 455 g/mol. The summed E-state index contributed by atoms with van der Waals surface area (Å²) in [5.74, 6) is -1.24. The van der Waals surface area contributed by atoms with Crippen LogP contribution in [-0.2, 0) is 34.1 Å². The Morgan fingerprint density at radius 3 is 2.65 bits per heavy atom. The van der Waals surface area contributed by atoms with Gasteiger partial charge in [0, 0.05) is 23.7 Å². The quantitative estimate of drug-likeness (QED) is 0.456. The van der Waals surface area contributed by atoms with E-state index in [0.29, 0.717) is 31.7 Å². The fraction of sp³-hybridized carbons (Fsp3) is 0.222. The Balaban J connectivity index is 1.29. The molecule has 2 aromatic carbocycles. The summed E-state index contributed by atoms with van der Waals surface area (Å²) in [4.78, 5) is 40.8. The molecule has 0 bridgehead atoms. The summed E-state index contributed by atoms with van der Waals surface area (Å²) in [7, 11) is 0. The van der Waals surface area contributed by atoms with Crippen molar-refractivity contribution in [1.29, 1.82) is 0 Å². The molecule has 1 aromatic heterocycles. The molecule has 7 nitrogen and oxygen atoms in total. The zero-order chi connectivity index (χ0) is 23.5. The summed E-state index contributed by atoms with van der Waals surface area (Å²) in [5.41, 5.74) is 5.38. The van der Waals surface area contributed by atoms with E-state index in [1.807, 2.05) is 60.7 Å². The molecule has 3 amide bonds. The molecule has 170 valence electrons. The van der Waals surface area contributed by atoms with E-state index >= 15 is 0 Å². The molecular weight excluding hydrogens is 430 g/mol. The van der Waals surface area contributed by atoms with Gasteiger partial charge in [0.05, 0.1) is 18.9 Å². The van der Waals surface area contributed by atoms with Crippen LogP contribution in [0.15, 0.2) is 66.9 Å². The number of hydrogen-bond acceptors (Lipinski definition) is 5. The molecule has 0 radical (unpaired) electrons. The summed E-state index contributed by atoms with van der Waals surface area (Å²) in [6, 6.07) is 19.6. The van der Waals surface area contributed by atoms with Crippen molar-refractivity contribution in [2.45, 2.75) is 32.6 Å². The van der Waals surface area contributed by atoms with Crippen LogP contribution in [0.5, 0.6) is 0 Å². The standard InChI is InChI=1S/C27H23N3O4/c31-25-9-7-21(26(32)29-25)14-30-15-22-13-20(6-8-23(22)27(30)33)24-12-19(10-11-28-24)17-34-16-18-4-2-1-3-5-18/h1-6,8,10-14,21H,7,9,15-17H2/p+1. The first-order valence-electron chi connectivity index (χ1n) is 11.3. The lowest BCUT2D eigenvalue weighted by molar-refractivity contribution is -0.434. The van der Waals surface area contributed by atoms with Gasteiger partial charge in [-0.1, -0.05) is 36.4 Å². The van der Waals surface area contributed by atoms with E-state index in [-0.39, 0.29) is 24.1 Å². The number of ether oxygens (including phenoxy) is 1. The third kappa shape index (κ3) is 4.70. The zero-order valence-corrected chi connectivity index (χ0v) is 18.6. The summed E-state index contributed by atoms with van der Waals surface area (Å²) in [6.45, 7) is 1.40. The first-order chi connectivity index (χ1) is 16.6. The van der Waals surface area contributed by atoms with Crippen molar-refractivity contribution >= 4 is 23.9 Å². The van der Waals surface area contributed by atoms with E-state index in [1.54, 1.807) is 17.0 Å². The Labute approximate surface area is 197 Å². The SMILES string of the molecule is O=C1CCC(C=[N+]2Cc3cc(-c4cc(COCc5ccccc5)ccn4)ccc3C2=O)C(=O)N1. The van der Waals surface area contributed by atoms with Crippen molar-refractivity contribution in [3.63, 3.8) is 0 Å². The van der Waals surface area contributed by atoms with E-state index in [9.17, 15) is 14.4 Å². The van der Waals surface area contributed by atoms with Crippen molar-refractivity contribution in [2.75, 3.05) is 0 Å². The first-order valence-corrected chi connectivity index (χ1v) is 11.3. The van der Waals surface area contributed by atoms with E-state index in [4.69, 9.17) is 4.74 Å². The van der Waals surface area contributed by atoms with Gasteiger partial charge < -0.3 is 4.74 Å². The first kappa shape index (κ1) is 21.9. The molecule has 7 heteroatoms. The number of carbonyl (C=O) groups excluding carboxylic acids is 3. The van der Waals surface area contributed by atoms with Crippen LogP contribution in [0.2, 0.25) is 0 Å². The molecule has 0 aliphatic carbocycles. The second-order valence-electron chi connectivity index (χ2n) is 8.54. The fourth-order valence-corrected chi connectivity index (χ4v) is 4.28. The predicted molar refractivity (Wildman–Crippen MR) is 125 cm³/mol. The van der Waals surface area contributed by atoms with Gasteiger partial charge in [-0.15, -0.1) is 0 Å². The minimum atomic E-state index is -0.482. The third-order valence-electron chi connectivity index (χ3n) is 6.08. The lowest BCUT2D eigenvalue weighted by atomic mass is 9.99. The molecule has 1 atom stereocenters. The van der Waals surface area contributed by atoms with Crippen LogP contribution in [-0.4, -0.2) is 33.5 Å². The molecule has 3 heterocycles. The fourth-order valence-electron chi connectivity index (χ4n) is 4.28. The Bertz CT molecular complexity index is 1300. The molecule has 1 N–H and O–H groups in total. The second-order valence-corrected chi connectivity index (χ2v) is 8.54. The topological polar surface area (TPSA) is 88.4 Å². The summed E-state index contributed by atoms with van der Waals surface area (Å²) in [5, 5.41) is 2.33. The van der Waals surface area contributed by atoms with E-state index in [1.165, 1.54) is 0 Å². The molecule has 1 unspecified atom stereocenters. The number of imide groups is 1. The van der Waals surface area contributed by atoms with Gasteiger partial charge in [0.15, 0.2) is 12.8 Å². The predicted octanol–water partition coefficient (Wildman–Crippen LogP) is 3.26. The van der Waals surface area contributed by atoms with E-state index in [2.05, 4.69) is 10.3 Å². The number of rotatable bonds is 6. The van der Waals surface area contributed by atoms with Crippen molar-refractivity contribution in [1.82, 2.24) is 10.3 Å². The van der Waals surface area contributed by atoms with Gasteiger partial charge in [-0.05, 0) is 41.8 Å². The van der Waals surface area contributed by atoms with Crippen LogP contribution < -0.4 is 5.32 Å². The van der Waals surface area contributed by atoms with Gasteiger partial charge in [-0.25, -0.2) is 4.79 Å². The summed E-state index contributed by atoms with van der Waals surface area (Å²) < 4.78 is 7.41. The highest BCUT2D eigenvalue weighted by Gasteiger charge is 2.36. The number of nitrogens with zero attached hydrogens (tertiary/aromatic N) is 2. The summed E-state index contributed by atoms with van der Waals surface area (Å²) in [6.07, 6.45) is 4.10. The monoisotopic (exact) mass is 454 g/mol. The molecular formula is C27H24N3O4+. The normalized spacial score (nSPS) is 18.8. The van der Waals surface area contributed by atoms with Gasteiger partial charge in [0.2, 0.25) is 11.8 Å². The Morgan fingerprint density at radius 2 is 1.82 bits per heavy atom. The number of fused-ring (bicyclic) bond motifs is 1. The molecule has 0 spiro atoms. The maximum absolute atomic E-state index is 12.8. The van der Waals surface area contributed by atoms with Gasteiger partial charge in [-0.3, -0.25) is 19.9 Å². The van der Waals surface area contributed by atoms with Crippen molar-refractivity contribution in [2.24, 2.45) is 5.92 Å². The maximum Gasteiger partial charge on any atom is 0.419 e. The smallest absolute Gasteiger partial charge is 0.372 e. The van der Waals surface area contributed by atoms with Gasteiger partial charge >= 0.3 is 5.91 Å². The number of nitrogens with one attached hydrogen (secondary N) is 1. The largest absolute Gasteiger partial charge is 0.419 e. The lowest BCUT2D eigenvalue weighted by Gasteiger charge is -2.15.